The number of halogens is 3. The Bertz CT molecular complexity index is 911. The summed E-state index contributed by atoms with van der Waals surface area (Å²) in [5.41, 5.74) is 0.159. The maximum Gasteiger partial charge on any atom is 0.416 e. The van der Waals surface area contributed by atoms with E-state index in [1.54, 1.807) is 0 Å². The van der Waals surface area contributed by atoms with Crippen LogP contribution in [0.25, 0.3) is 0 Å². The van der Waals surface area contributed by atoms with Gasteiger partial charge in [0.15, 0.2) is 0 Å². The Kier molecular flexibility index (Phi) is 9.46. The number of methoxy groups -OCH3 is 1. The molecule has 0 aromatic heterocycles. The number of aliphatic hydroxyl groups excluding tert-OH is 1. The van der Waals surface area contributed by atoms with Crippen LogP contribution in [0.2, 0.25) is 0 Å². The number of carbonyl (C=O) groups is 1. The van der Waals surface area contributed by atoms with Crippen LogP contribution in [0, 0.1) is 0 Å². The summed E-state index contributed by atoms with van der Waals surface area (Å²) < 4.78 is 50.2. The standard InChI is InChI=1S/C25H31F3N2O4/c1-33-12-11-30(24(32)20-8-5-9-21(15-20)25(26,27)28)18-23-17-29(10-13-34-23)16-22(31)14-19-6-3-2-4-7-19/h2-9,15,22-23,31H,10-14,16-18H2,1H3/t22-,23+/m1/s1. The average molecular weight is 481 g/mol. The highest BCUT2D eigenvalue weighted by molar-refractivity contribution is 5.94. The lowest BCUT2D eigenvalue weighted by Gasteiger charge is -2.36. The summed E-state index contributed by atoms with van der Waals surface area (Å²) in [6.07, 6.45) is -4.86. The van der Waals surface area contributed by atoms with Gasteiger partial charge in [-0.15, -0.1) is 0 Å². The highest BCUT2D eigenvalue weighted by Crippen LogP contribution is 2.29. The number of nitrogens with zero attached hydrogens (tertiary/aromatic N) is 2. The molecule has 0 spiro atoms. The minimum Gasteiger partial charge on any atom is -0.391 e. The molecular weight excluding hydrogens is 449 g/mol. The van der Waals surface area contributed by atoms with Gasteiger partial charge in [-0.2, -0.15) is 13.2 Å². The van der Waals surface area contributed by atoms with Crippen LogP contribution < -0.4 is 0 Å². The minimum atomic E-state index is -4.53. The van der Waals surface area contributed by atoms with Gasteiger partial charge in [0, 0.05) is 45.4 Å². The molecule has 1 heterocycles. The van der Waals surface area contributed by atoms with Crippen LogP contribution in [0.5, 0.6) is 0 Å². The first-order chi connectivity index (χ1) is 16.3. The van der Waals surface area contributed by atoms with Crippen LogP contribution >= 0.6 is 0 Å². The molecule has 2 aromatic rings. The first-order valence-electron chi connectivity index (χ1n) is 11.3. The molecule has 34 heavy (non-hydrogen) atoms. The zero-order valence-corrected chi connectivity index (χ0v) is 19.2. The van der Waals surface area contributed by atoms with E-state index in [2.05, 4.69) is 4.90 Å². The number of ether oxygens (including phenoxy) is 2. The van der Waals surface area contributed by atoms with Gasteiger partial charge in [0.05, 0.1) is 31.0 Å². The van der Waals surface area contributed by atoms with Gasteiger partial charge in [0.25, 0.3) is 5.91 Å². The van der Waals surface area contributed by atoms with Gasteiger partial charge < -0.3 is 19.5 Å². The molecule has 186 valence electrons. The third-order valence-corrected chi connectivity index (χ3v) is 5.72. The molecule has 1 aliphatic heterocycles. The number of amides is 1. The van der Waals surface area contributed by atoms with Gasteiger partial charge in [-0.25, -0.2) is 0 Å². The Hall–Kier alpha value is -2.46. The molecule has 9 heteroatoms. The van der Waals surface area contributed by atoms with E-state index >= 15 is 0 Å². The van der Waals surface area contributed by atoms with Crippen molar-refractivity contribution in [2.24, 2.45) is 0 Å². The summed E-state index contributed by atoms with van der Waals surface area (Å²) in [6, 6.07) is 14.2. The molecule has 1 aliphatic rings. The van der Waals surface area contributed by atoms with E-state index < -0.39 is 23.8 Å². The number of carbonyl (C=O) groups excluding carboxylic acids is 1. The maximum absolute atomic E-state index is 13.1. The molecule has 0 unspecified atom stereocenters. The first-order valence-corrected chi connectivity index (χ1v) is 11.3. The van der Waals surface area contributed by atoms with E-state index in [0.717, 1.165) is 17.7 Å². The van der Waals surface area contributed by atoms with Crippen LogP contribution in [-0.4, -0.2) is 86.1 Å². The molecule has 1 N–H and O–H groups in total. The van der Waals surface area contributed by atoms with Crippen LogP contribution in [-0.2, 0) is 22.1 Å². The van der Waals surface area contributed by atoms with Gasteiger partial charge in [0.1, 0.15) is 0 Å². The van der Waals surface area contributed by atoms with Gasteiger partial charge in [-0.05, 0) is 30.2 Å². The zero-order valence-electron chi connectivity index (χ0n) is 19.2. The summed E-state index contributed by atoms with van der Waals surface area (Å²) >= 11 is 0. The second-order valence-electron chi connectivity index (χ2n) is 8.42. The lowest BCUT2D eigenvalue weighted by atomic mass is 10.1. The third-order valence-electron chi connectivity index (χ3n) is 5.72. The minimum absolute atomic E-state index is 0.0307. The first kappa shape index (κ1) is 26.2. The van der Waals surface area contributed by atoms with E-state index in [1.165, 1.54) is 24.1 Å². The lowest BCUT2D eigenvalue weighted by Crippen LogP contribution is -2.51. The second-order valence-corrected chi connectivity index (χ2v) is 8.42. The van der Waals surface area contributed by atoms with Crippen molar-refractivity contribution in [3.8, 4) is 0 Å². The van der Waals surface area contributed by atoms with Gasteiger partial charge in [-0.1, -0.05) is 36.4 Å². The molecule has 0 radical (unpaired) electrons. The lowest BCUT2D eigenvalue weighted by molar-refractivity contribution is -0.137. The van der Waals surface area contributed by atoms with Crippen molar-refractivity contribution in [2.75, 3.05) is 53.0 Å². The summed E-state index contributed by atoms with van der Waals surface area (Å²) in [5.74, 6) is -0.506. The maximum atomic E-state index is 13.1. The number of rotatable bonds is 10. The van der Waals surface area contributed by atoms with Crippen molar-refractivity contribution in [3.05, 3.63) is 71.3 Å². The van der Waals surface area contributed by atoms with Gasteiger partial charge in [0.2, 0.25) is 0 Å². The number of benzene rings is 2. The van der Waals surface area contributed by atoms with Gasteiger partial charge >= 0.3 is 6.18 Å². The summed E-state index contributed by atoms with van der Waals surface area (Å²) in [6.45, 7) is 2.75. The summed E-state index contributed by atoms with van der Waals surface area (Å²) in [7, 11) is 1.50. The second kappa shape index (κ2) is 12.3. The van der Waals surface area contributed by atoms with Crippen molar-refractivity contribution in [1.82, 2.24) is 9.80 Å². The van der Waals surface area contributed by atoms with E-state index in [1.807, 2.05) is 30.3 Å². The monoisotopic (exact) mass is 480 g/mol. The van der Waals surface area contributed by atoms with E-state index in [-0.39, 0.29) is 31.4 Å². The zero-order chi connectivity index (χ0) is 24.6. The number of morpholine rings is 1. The Labute approximate surface area is 197 Å². The Morgan fingerprint density at radius 3 is 2.71 bits per heavy atom. The fourth-order valence-corrected chi connectivity index (χ4v) is 4.04. The van der Waals surface area contributed by atoms with Crippen LogP contribution in [0.4, 0.5) is 13.2 Å². The fraction of sp³-hybridized carbons (Fsp3) is 0.480. The highest BCUT2D eigenvalue weighted by atomic mass is 19.4. The summed E-state index contributed by atoms with van der Waals surface area (Å²) in [4.78, 5) is 16.6. The number of aliphatic hydroxyl groups is 1. The largest absolute Gasteiger partial charge is 0.416 e. The predicted molar refractivity (Wildman–Crippen MR) is 122 cm³/mol. The van der Waals surface area contributed by atoms with Crippen LogP contribution in [0.1, 0.15) is 21.5 Å². The SMILES string of the molecule is COCCN(C[C@@H]1CN(C[C@H](O)Cc2ccccc2)CCO1)C(=O)c1cccc(C(F)(F)F)c1. The molecule has 1 saturated heterocycles. The normalized spacial score (nSPS) is 18.0. The van der Waals surface area contributed by atoms with Crippen molar-refractivity contribution in [1.29, 1.82) is 0 Å². The third kappa shape index (κ3) is 7.80. The molecule has 0 bridgehead atoms. The molecular formula is C25H31F3N2O4. The Balaban J connectivity index is 1.62. The molecule has 2 atom stereocenters. The highest BCUT2D eigenvalue weighted by Gasteiger charge is 2.32. The number of alkyl halides is 3. The number of hydrogen-bond acceptors (Lipinski definition) is 5. The van der Waals surface area contributed by atoms with Crippen molar-refractivity contribution < 1.29 is 32.5 Å². The van der Waals surface area contributed by atoms with Crippen LogP contribution in [0.15, 0.2) is 54.6 Å². The average Bonchev–Trinajstić information content (AvgIpc) is 2.81. The van der Waals surface area contributed by atoms with E-state index in [9.17, 15) is 23.1 Å². The quantitative estimate of drug-likeness (QED) is 0.566. The molecule has 2 aromatic carbocycles. The van der Waals surface area contributed by atoms with Crippen molar-refractivity contribution in [3.63, 3.8) is 0 Å². The molecule has 0 aliphatic carbocycles. The van der Waals surface area contributed by atoms with Gasteiger partial charge in [-0.3, -0.25) is 9.69 Å². The van der Waals surface area contributed by atoms with E-state index in [0.29, 0.717) is 32.7 Å². The topological polar surface area (TPSA) is 62.2 Å². The fourth-order valence-electron chi connectivity index (χ4n) is 4.04. The summed E-state index contributed by atoms with van der Waals surface area (Å²) in [5, 5.41) is 10.5. The molecule has 0 saturated carbocycles. The van der Waals surface area contributed by atoms with Crippen LogP contribution in [0.3, 0.4) is 0 Å². The molecule has 1 amide bonds. The Morgan fingerprint density at radius 1 is 1.24 bits per heavy atom. The van der Waals surface area contributed by atoms with E-state index in [4.69, 9.17) is 9.47 Å². The molecule has 3 rings (SSSR count). The molecule has 1 fully saturated rings. The van der Waals surface area contributed by atoms with Crippen molar-refractivity contribution in [2.45, 2.75) is 24.8 Å². The molecule has 6 nitrogen and oxygen atoms in total. The number of β-amino-alcohol motifs (C(OH)–C–C–N with tert-alkyl or cyclic N) is 1. The van der Waals surface area contributed by atoms with Crippen molar-refractivity contribution >= 4 is 5.91 Å². The number of hydrogen-bond donors (Lipinski definition) is 1. The Morgan fingerprint density at radius 2 is 2.00 bits per heavy atom. The predicted octanol–water partition coefficient (Wildman–Crippen LogP) is 3.10. The smallest absolute Gasteiger partial charge is 0.391 e.